The van der Waals surface area contributed by atoms with Gasteiger partial charge in [-0.3, -0.25) is 9.00 Å². The fourth-order valence-electron chi connectivity index (χ4n) is 1.27. The monoisotopic (exact) mass is 245 g/mol. The summed E-state index contributed by atoms with van der Waals surface area (Å²) >= 11 is 0. The van der Waals surface area contributed by atoms with E-state index in [2.05, 4.69) is 10.1 Å². The summed E-state index contributed by atoms with van der Waals surface area (Å²) in [5.41, 5.74) is 0. The minimum absolute atomic E-state index is 0.0904. The Labute approximate surface area is 96.1 Å². The zero-order valence-corrected chi connectivity index (χ0v) is 10.1. The van der Waals surface area contributed by atoms with Crippen molar-refractivity contribution in [1.29, 1.82) is 0 Å². The van der Waals surface area contributed by atoms with Gasteiger partial charge in [0.05, 0.1) is 12.2 Å². The Bertz CT molecular complexity index is 391. The van der Waals surface area contributed by atoms with Gasteiger partial charge >= 0.3 is 5.97 Å². The summed E-state index contributed by atoms with van der Waals surface area (Å²) in [6, 6.07) is 0. The van der Waals surface area contributed by atoms with Gasteiger partial charge in [0.15, 0.2) is 0 Å². The van der Waals surface area contributed by atoms with E-state index in [1.807, 2.05) is 6.92 Å². The predicted molar refractivity (Wildman–Crippen MR) is 59.3 cm³/mol. The molecule has 0 aliphatic carbocycles. The summed E-state index contributed by atoms with van der Waals surface area (Å²) in [6.07, 6.45) is 1.32. The quantitative estimate of drug-likeness (QED) is 0.784. The third-order valence-electron chi connectivity index (χ3n) is 2.18. The Morgan fingerprint density at radius 1 is 1.69 bits per heavy atom. The van der Waals surface area contributed by atoms with Gasteiger partial charge in [0.25, 0.3) is 0 Å². The summed E-state index contributed by atoms with van der Waals surface area (Å²) in [4.78, 5) is 14.5. The van der Waals surface area contributed by atoms with Crippen LogP contribution in [0.25, 0.3) is 0 Å². The Morgan fingerprint density at radius 2 is 2.38 bits per heavy atom. The van der Waals surface area contributed by atoms with Crippen molar-refractivity contribution in [3.05, 3.63) is 12.2 Å². The van der Waals surface area contributed by atoms with E-state index in [1.165, 1.54) is 6.33 Å². The number of rotatable bonds is 6. The molecule has 1 aromatic rings. The van der Waals surface area contributed by atoms with Crippen molar-refractivity contribution in [3.8, 4) is 0 Å². The molecule has 16 heavy (non-hydrogen) atoms. The molecule has 0 saturated carbocycles. The molecule has 1 rings (SSSR count). The van der Waals surface area contributed by atoms with E-state index < -0.39 is 16.8 Å². The molecule has 0 spiro atoms. The van der Waals surface area contributed by atoms with Crippen LogP contribution in [0, 0.1) is 0 Å². The number of hydrogen-bond acceptors (Lipinski definition) is 4. The fraction of sp³-hybridized carbons (Fsp3) is 0.667. The molecule has 0 aliphatic rings. The van der Waals surface area contributed by atoms with Crippen molar-refractivity contribution in [3.63, 3.8) is 0 Å². The molecule has 0 aromatic carbocycles. The van der Waals surface area contributed by atoms with Gasteiger partial charge in [-0.25, -0.2) is 9.67 Å². The zero-order chi connectivity index (χ0) is 12.1. The van der Waals surface area contributed by atoms with Crippen LogP contribution in [0.3, 0.4) is 0 Å². The molecule has 6 nitrogen and oxygen atoms in total. The van der Waals surface area contributed by atoms with E-state index in [0.717, 1.165) is 0 Å². The van der Waals surface area contributed by atoms with Gasteiger partial charge < -0.3 is 5.11 Å². The molecule has 7 heteroatoms. The van der Waals surface area contributed by atoms with E-state index in [-0.39, 0.29) is 17.4 Å². The van der Waals surface area contributed by atoms with E-state index in [0.29, 0.717) is 12.4 Å². The lowest BCUT2D eigenvalue weighted by atomic mass is 10.3. The third-order valence-corrected chi connectivity index (χ3v) is 3.78. The molecular formula is C9H15N3O3S. The second kappa shape index (κ2) is 5.74. The van der Waals surface area contributed by atoms with Crippen LogP contribution >= 0.6 is 0 Å². The zero-order valence-electron chi connectivity index (χ0n) is 9.29. The van der Waals surface area contributed by atoms with Gasteiger partial charge in [0, 0.05) is 22.6 Å². The topological polar surface area (TPSA) is 85.1 Å². The minimum atomic E-state index is -1.23. The lowest BCUT2D eigenvalue weighted by molar-refractivity contribution is -0.136. The number of hydrogen-bond donors (Lipinski definition) is 1. The molecule has 0 radical (unpaired) electrons. The minimum Gasteiger partial charge on any atom is -0.481 e. The van der Waals surface area contributed by atoms with E-state index in [1.54, 1.807) is 11.6 Å². The van der Waals surface area contributed by atoms with Gasteiger partial charge in [-0.05, 0) is 6.92 Å². The van der Waals surface area contributed by atoms with Gasteiger partial charge in [-0.1, -0.05) is 6.92 Å². The summed E-state index contributed by atoms with van der Waals surface area (Å²) in [6.45, 7) is 4.25. The van der Waals surface area contributed by atoms with Crippen LogP contribution in [0.4, 0.5) is 0 Å². The Morgan fingerprint density at radius 3 is 2.94 bits per heavy atom. The van der Waals surface area contributed by atoms with Crippen LogP contribution in [0.5, 0.6) is 0 Å². The highest BCUT2D eigenvalue weighted by atomic mass is 32.2. The third kappa shape index (κ3) is 3.41. The number of nitrogens with zero attached hydrogens (tertiary/aromatic N) is 3. The largest absolute Gasteiger partial charge is 0.481 e. The molecule has 2 unspecified atom stereocenters. The Hall–Kier alpha value is -1.24. The molecule has 0 saturated heterocycles. The van der Waals surface area contributed by atoms with Crippen molar-refractivity contribution < 1.29 is 14.1 Å². The summed E-state index contributed by atoms with van der Waals surface area (Å²) in [7, 11) is -1.23. The average Bonchev–Trinajstić information content (AvgIpc) is 2.64. The standard InChI is InChI=1S/C9H15N3O3S/c1-3-12-8(10-6-11-12)5-16(15)7(2)4-9(13)14/h6-7H,3-5H2,1-2H3,(H,13,14). The van der Waals surface area contributed by atoms with Crippen molar-refractivity contribution in [2.45, 2.75) is 37.8 Å². The molecule has 1 N–H and O–H groups in total. The smallest absolute Gasteiger partial charge is 0.304 e. The molecule has 0 fully saturated rings. The van der Waals surface area contributed by atoms with Crippen LogP contribution in [0.2, 0.25) is 0 Å². The number of carboxylic acids is 1. The summed E-state index contributed by atoms with van der Waals surface area (Å²) in [5.74, 6) is -0.0432. The van der Waals surface area contributed by atoms with Crippen molar-refractivity contribution in [2.24, 2.45) is 0 Å². The lowest BCUT2D eigenvalue weighted by Gasteiger charge is -2.08. The molecule has 0 aliphatic heterocycles. The average molecular weight is 245 g/mol. The van der Waals surface area contributed by atoms with Crippen LogP contribution in [0.1, 0.15) is 26.1 Å². The maximum Gasteiger partial charge on any atom is 0.304 e. The second-order valence-corrected chi connectivity index (χ2v) is 5.28. The number of carbonyl (C=O) groups is 1. The van der Waals surface area contributed by atoms with E-state index >= 15 is 0 Å². The number of carboxylic acid groups (broad SMARTS) is 1. The molecule has 1 aromatic heterocycles. The molecule has 2 atom stereocenters. The van der Waals surface area contributed by atoms with Crippen molar-refractivity contribution >= 4 is 16.8 Å². The van der Waals surface area contributed by atoms with Gasteiger partial charge in [-0.2, -0.15) is 5.10 Å². The first-order valence-corrected chi connectivity index (χ1v) is 6.38. The van der Waals surface area contributed by atoms with E-state index in [9.17, 15) is 9.00 Å². The van der Waals surface area contributed by atoms with Gasteiger partial charge in [0.2, 0.25) is 0 Å². The molecular weight excluding hydrogens is 230 g/mol. The van der Waals surface area contributed by atoms with Crippen molar-refractivity contribution in [2.75, 3.05) is 0 Å². The first kappa shape index (κ1) is 12.8. The highest BCUT2D eigenvalue weighted by Crippen LogP contribution is 2.07. The Kier molecular flexibility index (Phi) is 4.60. The molecule has 0 amide bonds. The fourth-order valence-corrected chi connectivity index (χ4v) is 2.36. The molecule has 90 valence electrons. The van der Waals surface area contributed by atoms with E-state index in [4.69, 9.17) is 5.11 Å². The first-order valence-electron chi connectivity index (χ1n) is 5.00. The highest BCUT2D eigenvalue weighted by molar-refractivity contribution is 7.84. The summed E-state index contributed by atoms with van der Waals surface area (Å²) < 4.78 is 13.4. The molecule has 0 bridgehead atoms. The van der Waals surface area contributed by atoms with Gasteiger partial charge in [0.1, 0.15) is 12.2 Å². The maximum atomic E-state index is 11.8. The van der Waals surface area contributed by atoms with Crippen LogP contribution in [-0.2, 0) is 27.9 Å². The Balaban J connectivity index is 2.60. The van der Waals surface area contributed by atoms with Gasteiger partial charge in [-0.15, -0.1) is 0 Å². The normalized spacial score (nSPS) is 14.6. The van der Waals surface area contributed by atoms with Crippen molar-refractivity contribution in [1.82, 2.24) is 14.8 Å². The summed E-state index contributed by atoms with van der Waals surface area (Å²) in [5, 5.41) is 12.2. The lowest BCUT2D eigenvalue weighted by Crippen LogP contribution is -2.19. The van der Waals surface area contributed by atoms with Crippen LogP contribution in [0.15, 0.2) is 6.33 Å². The van der Waals surface area contributed by atoms with Crippen LogP contribution < -0.4 is 0 Å². The number of aliphatic carboxylic acids is 1. The van der Waals surface area contributed by atoms with Crippen LogP contribution in [-0.4, -0.2) is 35.3 Å². The maximum absolute atomic E-state index is 11.8. The SMILES string of the molecule is CCn1ncnc1CS(=O)C(C)CC(=O)O. The predicted octanol–water partition coefficient (Wildman–Crippen LogP) is 0.410. The number of aryl methyl sites for hydroxylation is 1. The second-order valence-electron chi connectivity index (χ2n) is 3.43. The highest BCUT2D eigenvalue weighted by Gasteiger charge is 2.17. The first-order chi connectivity index (χ1) is 7.54. The molecule has 1 heterocycles. The number of aromatic nitrogens is 3.